The highest BCUT2D eigenvalue weighted by molar-refractivity contribution is 6.35. The molecule has 0 saturated heterocycles. The smallest absolute Gasteiger partial charge is 0.257 e. The third-order valence-electron chi connectivity index (χ3n) is 3.57. The molecule has 2 heterocycles. The first-order chi connectivity index (χ1) is 11.1. The van der Waals surface area contributed by atoms with Crippen LogP contribution < -0.4 is 10.7 Å². The van der Waals surface area contributed by atoms with E-state index < -0.39 is 5.91 Å². The summed E-state index contributed by atoms with van der Waals surface area (Å²) >= 11 is 6.14. The average molecular weight is 328 g/mol. The van der Waals surface area contributed by atoms with Crippen molar-refractivity contribution in [2.24, 2.45) is 7.05 Å². The van der Waals surface area contributed by atoms with Crippen LogP contribution in [0.25, 0.3) is 10.9 Å². The van der Waals surface area contributed by atoms with Gasteiger partial charge >= 0.3 is 0 Å². The lowest BCUT2D eigenvalue weighted by Crippen LogP contribution is -2.29. The number of carbonyl (C=O) groups is 1. The summed E-state index contributed by atoms with van der Waals surface area (Å²) in [7, 11) is 1.76. The Hall–Kier alpha value is -2.66. The maximum atomic E-state index is 12.5. The van der Waals surface area contributed by atoms with E-state index in [0.29, 0.717) is 22.5 Å². The molecule has 5 nitrogen and oxygen atoms in total. The Labute approximate surface area is 137 Å². The molecule has 0 aliphatic rings. The number of halogens is 1. The van der Waals surface area contributed by atoms with E-state index in [1.54, 1.807) is 48.3 Å². The third-order valence-corrected chi connectivity index (χ3v) is 3.88. The standard InChI is InChI=1S/C17H14ClN3O2/c1-21-10-13(16(22)12-5-2-6-14(18)15(12)21)17(23)20-9-11-4-3-7-19-8-11/h2-8,10H,9H2,1H3,(H,20,23). The van der Waals surface area contributed by atoms with E-state index in [1.807, 2.05) is 6.07 Å². The zero-order valence-corrected chi connectivity index (χ0v) is 13.2. The topological polar surface area (TPSA) is 64.0 Å². The zero-order valence-electron chi connectivity index (χ0n) is 12.4. The number of nitrogens with zero attached hydrogens (tertiary/aromatic N) is 2. The maximum absolute atomic E-state index is 12.5. The van der Waals surface area contributed by atoms with Gasteiger partial charge in [-0.15, -0.1) is 0 Å². The Morgan fingerprint density at radius 1 is 1.30 bits per heavy atom. The molecule has 3 aromatic rings. The lowest BCUT2D eigenvalue weighted by Gasteiger charge is -2.10. The Morgan fingerprint density at radius 2 is 2.13 bits per heavy atom. The summed E-state index contributed by atoms with van der Waals surface area (Å²) in [5, 5.41) is 3.64. The quantitative estimate of drug-likeness (QED) is 0.804. The van der Waals surface area contributed by atoms with Gasteiger partial charge in [-0.2, -0.15) is 0 Å². The fourth-order valence-corrected chi connectivity index (χ4v) is 2.77. The lowest BCUT2D eigenvalue weighted by molar-refractivity contribution is 0.0949. The van der Waals surface area contributed by atoms with Gasteiger partial charge in [0.25, 0.3) is 5.91 Å². The third kappa shape index (κ3) is 2.96. The van der Waals surface area contributed by atoms with Crippen molar-refractivity contribution < 1.29 is 4.79 Å². The minimum absolute atomic E-state index is 0.0890. The molecule has 0 aliphatic carbocycles. The van der Waals surface area contributed by atoms with Crippen LogP contribution in [0.4, 0.5) is 0 Å². The van der Waals surface area contributed by atoms with Crippen molar-refractivity contribution in [3.8, 4) is 0 Å². The minimum atomic E-state index is -0.420. The summed E-state index contributed by atoms with van der Waals surface area (Å²) in [4.78, 5) is 28.9. The lowest BCUT2D eigenvalue weighted by atomic mass is 10.1. The number of nitrogens with one attached hydrogen (secondary N) is 1. The number of carbonyl (C=O) groups excluding carboxylic acids is 1. The summed E-state index contributed by atoms with van der Waals surface area (Å²) in [6.07, 6.45) is 4.84. The molecule has 23 heavy (non-hydrogen) atoms. The minimum Gasteiger partial charge on any atom is -0.348 e. The van der Waals surface area contributed by atoms with Gasteiger partial charge in [0, 0.05) is 37.6 Å². The molecule has 6 heteroatoms. The first-order valence-electron chi connectivity index (χ1n) is 7.03. The van der Waals surface area contributed by atoms with Crippen LogP contribution in [0.5, 0.6) is 0 Å². The monoisotopic (exact) mass is 327 g/mol. The molecule has 0 saturated carbocycles. The van der Waals surface area contributed by atoms with Gasteiger partial charge in [-0.05, 0) is 23.8 Å². The van der Waals surface area contributed by atoms with E-state index in [1.165, 1.54) is 6.20 Å². The number of para-hydroxylation sites is 1. The number of rotatable bonds is 3. The second-order valence-electron chi connectivity index (χ2n) is 5.16. The van der Waals surface area contributed by atoms with Crippen LogP contribution in [0.15, 0.2) is 53.7 Å². The molecule has 2 aromatic heterocycles. The first-order valence-corrected chi connectivity index (χ1v) is 7.40. The molecule has 0 atom stereocenters. The van der Waals surface area contributed by atoms with Crippen molar-refractivity contribution in [1.82, 2.24) is 14.9 Å². The predicted octanol–water partition coefficient (Wildman–Crippen LogP) is 2.52. The van der Waals surface area contributed by atoms with Gasteiger partial charge in [0.15, 0.2) is 0 Å². The molecule has 0 bridgehead atoms. The number of hydrogen-bond acceptors (Lipinski definition) is 3. The highest BCUT2D eigenvalue weighted by Crippen LogP contribution is 2.20. The average Bonchev–Trinajstić information content (AvgIpc) is 2.56. The van der Waals surface area contributed by atoms with Gasteiger partial charge in [-0.25, -0.2) is 0 Å². The van der Waals surface area contributed by atoms with Crippen molar-refractivity contribution in [2.45, 2.75) is 6.54 Å². The van der Waals surface area contributed by atoms with Gasteiger partial charge in [0.1, 0.15) is 5.56 Å². The zero-order chi connectivity index (χ0) is 16.4. The molecule has 1 N–H and O–H groups in total. The molecule has 1 amide bonds. The maximum Gasteiger partial charge on any atom is 0.257 e. The number of hydrogen-bond donors (Lipinski definition) is 1. The number of fused-ring (bicyclic) bond motifs is 1. The van der Waals surface area contributed by atoms with Crippen molar-refractivity contribution in [1.29, 1.82) is 0 Å². The Bertz CT molecular complexity index is 936. The SMILES string of the molecule is Cn1cc(C(=O)NCc2cccnc2)c(=O)c2cccc(Cl)c21. The van der Waals surface area contributed by atoms with Gasteiger partial charge in [0.05, 0.1) is 10.5 Å². The fourth-order valence-electron chi connectivity index (χ4n) is 2.46. The van der Waals surface area contributed by atoms with E-state index in [-0.39, 0.29) is 11.0 Å². The Kier molecular flexibility index (Phi) is 4.12. The molecule has 0 fully saturated rings. The van der Waals surface area contributed by atoms with Crippen LogP contribution in [-0.4, -0.2) is 15.5 Å². The van der Waals surface area contributed by atoms with Crippen LogP contribution in [0, 0.1) is 0 Å². The van der Waals surface area contributed by atoms with Crippen molar-refractivity contribution in [3.63, 3.8) is 0 Å². The van der Waals surface area contributed by atoms with Crippen LogP contribution in [-0.2, 0) is 13.6 Å². The number of aromatic nitrogens is 2. The van der Waals surface area contributed by atoms with Crippen LogP contribution in [0.1, 0.15) is 15.9 Å². The second kappa shape index (κ2) is 6.22. The highest BCUT2D eigenvalue weighted by Gasteiger charge is 2.15. The molecule has 116 valence electrons. The number of amides is 1. The van der Waals surface area contributed by atoms with Gasteiger partial charge in [-0.3, -0.25) is 14.6 Å². The summed E-state index contributed by atoms with van der Waals surface area (Å²) < 4.78 is 1.69. The van der Waals surface area contributed by atoms with Crippen molar-refractivity contribution >= 4 is 28.4 Å². The normalized spacial score (nSPS) is 10.7. The summed E-state index contributed by atoms with van der Waals surface area (Å²) in [5.41, 5.74) is 1.24. The van der Waals surface area contributed by atoms with Gasteiger partial charge in [-0.1, -0.05) is 23.7 Å². The molecule has 0 radical (unpaired) electrons. The summed E-state index contributed by atoms with van der Waals surface area (Å²) in [5.74, 6) is -0.420. The number of aryl methyl sites for hydroxylation is 1. The van der Waals surface area contributed by atoms with E-state index >= 15 is 0 Å². The Balaban J connectivity index is 1.95. The molecule has 3 rings (SSSR count). The number of pyridine rings is 2. The van der Waals surface area contributed by atoms with Crippen LogP contribution in [0.2, 0.25) is 5.02 Å². The van der Waals surface area contributed by atoms with E-state index in [9.17, 15) is 9.59 Å². The molecular weight excluding hydrogens is 314 g/mol. The second-order valence-corrected chi connectivity index (χ2v) is 5.57. The first kappa shape index (κ1) is 15.2. The molecule has 0 unspecified atom stereocenters. The molecular formula is C17H14ClN3O2. The fraction of sp³-hybridized carbons (Fsp3) is 0.118. The van der Waals surface area contributed by atoms with E-state index in [2.05, 4.69) is 10.3 Å². The van der Waals surface area contributed by atoms with Gasteiger partial charge in [0.2, 0.25) is 5.43 Å². The van der Waals surface area contributed by atoms with E-state index in [0.717, 1.165) is 5.56 Å². The summed E-state index contributed by atoms with van der Waals surface area (Å²) in [6.45, 7) is 0.309. The van der Waals surface area contributed by atoms with Crippen molar-refractivity contribution in [3.05, 3.63) is 75.3 Å². The summed E-state index contributed by atoms with van der Waals surface area (Å²) in [6, 6.07) is 8.72. The van der Waals surface area contributed by atoms with Crippen LogP contribution >= 0.6 is 11.6 Å². The van der Waals surface area contributed by atoms with E-state index in [4.69, 9.17) is 11.6 Å². The van der Waals surface area contributed by atoms with Crippen LogP contribution in [0.3, 0.4) is 0 Å². The molecule has 1 aromatic carbocycles. The van der Waals surface area contributed by atoms with Gasteiger partial charge < -0.3 is 9.88 Å². The molecule has 0 aliphatic heterocycles. The largest absolute Gasteiger partial charge is 0.348 e. The molecule has 0 spiro atoms. The van der Waals surface area contributed by atoms with Crippen molar-refractivity contribution in [2.75, 3.05) is 0 Å². The highest BCUT2D eigenvalue weighted by atomic mass is 35.5. The number of benzene rings is 1. The Morgan fingerprint density at radius 3 is 2.87 bits per heavy atom. The predicted molar refractivity (Wildman–Crippen MR) is 89.6 cm³/mol.